The van der Waals surface area contributed by atoms with Crippen LogP contribution in [-0.4, -0.2) is 46.7 Å². The number of carbonyl (C=O) groups is 1. The van der Waals surface area contributed by atoms with Crippen LogP contribution in [0.2, 0.25) is 0 Å². The van der Waals surface area contributed by atoms with E-state index in [1.807, 2.05) is 0 Å². The van der Waals surface area contributed by atoms with Crippen LogP contribution in [0.1, 0.15) is 114 Å². The Balaban J connectivity index is 1.35. The van der Waals surface area contributed by atoms with E-state index in [4.69, 9.17) is 9.47 Å². The van der Waals surface area contributed by atoms with Gasteiger partial charge in [0, 0.05) is 17.8 Å². The van der Waals surface area contributed by atoms with Crippen molar-refractivity contribution in [2.45, 2.75) is 144 Å². The van der Waals surface area contributed by atoms with Crippen molar-refractivity contribution >= 4 is 5.97 Å². The van der Waals surface area contributed by atoms with Crippen LogP contribution in [0, 0.1) is 56.2 Å². The van der Waals surface area contributed by atoms with Crippen molar-refractivity contribution in [2.75, 3.05) is 0 Å². The Morgan fingerprint density at radius 2 is 1.61 bits per heavy atom. The summed E-state index contributed by atoms with van der Waals surface area (Å²) in [5, 5.41) is 23.3. The molecule has 0 bridgehead atoms. The van der Waals surface area contributed by atoms with Crippen molar-refractivity contribution < 1.29 is 24.5 Å². The molecule has 6 rings (SSSR count). The maximum Gasteiger partial charge on any atom is 0.303 e. The molecule has 13 atom stereocenters. The molecule has 0 aromatic heterocycles. The number of hydrogen-bond donors (Lipinski definition) is 2. The highest BCUT2D eigenvalue weighted by Gasteiger charge is 2.84. The highest BCUT2D eigenvalue weighted by atomic mass is 16.6. The molecule has 2 N–H and O–H groups in total. The summed E-state index contributed by atoms with van der Waals surface area (Å²) in [6.07, 6.45) is 7.50. The van der Waals surface area contributed by atoms with E-state index in [9.17, 15) is 15.0 Å². The van der Waals surface area contributed by atoms with E-state index >= 15 is 0 Å². The van der Waals surface area contributed by atoms with E-state index in [2.05, 4.69) is 55.4 Å². The highest BCUT2D eigenvalue weighted by molar-refractivity contribution is 5.66. The molecule has 38 heavy (non-hydrogen) atoms. The Bertz CT molecular complexity index is 1000. The Kier molecular flexibility index (Phi) is 5.79. The molecule has 5 saturated carbocycles. The second-order valence-electron chi connectivity index (χ2n) is 17.0. The first-order valence-corrected chi connectivity index (χ1v) is 15.7. The molecule has 6 aliphatic rings. The van der Waals surface area contributed by atoms with Crippen LogP contribution in [0.25, 0.3) is 0 Å². The van der Waals surface area contributed by atoms with Crippen molar-refractivity contribution in [1.82, 2.24) is 0 Å². The van der Waals surface area contributed by atoms with Gasteiger partial charge in [0.1, 0.15) is 6.10 Å². The van der Waals surface area contributed by atoms with Gasteiger partial charge in [0.2, 0.25) is 0 Å². The average Bonchev–Trinajstić information content (AvgIpc) is 3.44. The van der Waals surface area contributed by atoms with Crippen molar-refractivity contribution in [2.24, 2.45) is 56.2 Å². The number of fused-ring (bicyclic) bond motifs is 4. The average molecular weight is 531 g/mol. The molecular formula is C33H54O5. The lowest BCUT2D eigenvalue weighted by atomic mass is 9.41. The number of carbonyl (C=O) groups excluding carboxylic acids is 1. The topological polar surface area (TPSA) is 76.0 Å². The summed E-state index contributed by atoms with van der Waals surface area (Å²) >= 11 is 0. The lowest BCUT2D eigenvalue weighted by Crippen LogP contribution is -2.59. The largest absolute Gasteiger partial charge is 0.459 e. The molecule has 0 radical (unpaired) electrons. The molecule has 0 aromatic rings. The van der Waals surface area contributed by atoms with Gasteiger partial charge in [-0.05, 0) is 96.7 Å². The van der Waals surface area contributed by atoms with Crippen molar-refractivity contribution in [3.63, 3.8) is 0 Å². The van der Waals surface area contributed by atoms with E-state index < -0.39 is 6.10 Å². The lowest BCUT2D eigenvalue weighted by molar-refractivity contribution is -0.204. The zero-order valence-corrected chi connectivity index (χ0v) is 25.5. The number of ether oxygens (including phenoxy) is 2. The van der Waals surface area contributed by atoms with Crippen LogP contribution in [0.5, 0.6) is 0 Å². The molecule has 1 saturated heterocycles. The van der Waals surface area contributed by atoms with Crippen LogP contribution < -0.4 is 0 Å². The van der Waals surface area contributed by atoms with E-state index in [0.717, 1.165) is 32.1 Å². The summed E-state index contributed by atoms with van der Waals surface area (Å²) in [5.41, 5.74) is 0.213. The molecule has 5 nitrogen and oxygen atoms in total. The predicted molar refractivity (Wildman–Crippen MR) is 147 cm³/mol. The molecule has 216 valence electrons. The van der Waals surface area contributed by atoms with Gasteiger partial charge in [0.05, 0.1) is 24.4 Å². The van der Waals surface area contributed by atoms with Gasteiger partial charge in [-0.15, -0.1) is 0 Å². The van der Waals surface area contributed by atoms with Gasteiger partial charge in [-0.3, -0.25) is 4.79 Å². The van der Waals surface area contributed by atoms with Gasteiger partial charge in [0.25, 0.3) is 0 Å². The fraction of sp³-hybridized carbons (Fsp3) is 0.970. The van der Waals surface area contributed by atoms with Gasteiger partial charge >= 0.3 is 5.97 Å². The summed E-state index contributed by atoms with van der Waals surface area (Å²) in [6, 6.07) is 0. The van der Waals surface area contributed by atoms with E-state index in [1.54, 1.807) is 0 Å². The van der Waals surface area contributed by atoms with Gasteiger partial charge in [-0.25, -0.2) is 0 Å². The normalized spacial score (nSPS) is 55.4. The fourth-order valence-electron chi connectivity index (χ4n) is 12.5. The van der Waals surface area contributed by atoms with Gasteiger partial charge in [-0.1, -0.05) is 55.4 Å². The van der Waals surface area contributed by atoms with E-state index in [1.165, 1.54) is 26.2 Å². The first-order valence-electron chi connectivity index (χ1n) is 15.7. The Morgan fingerprint density at radius 1 is 0.974 bits per heavy atom. The van der Waals surface area contributed by atoms with Crippen molar-refractivity contribution in [3.8, 4) is 0 Å². The Morgan fingerprint density at radius 3 is 2.24 bits per heavy atom. The smallest absolute Gasteiger partial charge is 0.303 e. The number of aliphatic hydroxyl groups is 2. The second kappa shape index (κ2) is 8.00. The third-order valence-corrected chi connectivity index (χ3v) is 14.3. The van der Waals surface area contributed by atoms with E-state index in [-0.39, 0.29) is 52.0 Å². The van der Waals surface area contributed by atoms with Crippen LogP contribution >= 0.6 is 0 Å². The maximum atomic E-state index is 12.4. The molecule has 5 aliphatic carbocycles. The summed E-state index contributed by atoms with van der Waals surface area (Å²) in [5.74, 6) is 1.52. The highest BCUT2D eigenvalue weighted by Crippen LogP contribution is 2.89. The monoisotopic (exact) mass is 530 g/mol. The van der Waals surface area contributed by atoms with Crippen molar-refractivity contribution in [1.29, 1.82) is 0 Å². The molecular weight excluding hydrogens is 476 g/mol. The van der Waals surface area contributed by atoms with Gasteiger partial charge < -0.3 is 19.7 Å². The molecule has 6 fully saturated rings. The molecule has 2 spiro atoms. The van der Waals surface area contributed by atoms with E-state index in [0.29, 0.717) is 34.5 Å². The summed E-state index contributed by atoms with van der Waals surface area (Å²) < 4.78 is 12.8. The SMILES string of the molecule is CC(=O)OC(C1C[C@@H](C)C2C(O1)[C@H](O)[C@@]1(C)C3CC[C@H]4C(C)(C)C(O)CCC45CC35CCC21C)C(C)(C)C. The van der Waals surface area contributed by atoms with Gasteiger partial charge in [0.15, 0.2) is 0 Å². The molecule has 0 aromatic carbocycles. The number of aliphatic hydroxyl groups excluding tert-OH is 2. The summed E-state index contributed by atoms with van der Waals surface area (Å²) in [4.78, 5) is 12.1. The van der Waals surface area contributed by atoms with Crippen LogP contribution in [0.4, 0.5) is 0 Å². The maximum absolute atomic E-state index is 12.4. The third-order valence-electron chi connectivity index (χ3n) is 14.3. The van der Waals surface area contributed by atoms with Gasteiger partial charge in [-0.2, -0.15) is 0 Å². The fourth-order valence-corrected chi connectivity index (χ4v) is 12.5. The number of hydrogen-bond acceptors (Lipinski definition) is 5. The van der Waals surface area contributed by atoms with Crippen LogP contribution in [0.3, 0.4) is 0 Å². The molecule has 1 aliphatic heterocycles. The zero-order valence-electron chi connectivity index (χ0n) is 25.5. The minimum atomic E-state index is -0.515. The third kappa shape index (κ3) is 3.13. The van der Waals surface area contributed by atoms with Crippen LogP contribution in [0.15, 0.2) is 0 Å². The first-order chi connectivity index (χ1) is 17.5. The second-order valence-corrected chi connectivity index (χ2v) is 17.0. The zero-order chi connectivity index (χ0) is 27.8. The molecule has 1 heterocycles. The first kappa shape index (κ1) is 27.5. The van der Waals surface area contributed by atoms with Crippen molar-refractivity contribution in [3.05, 3.63) is 0 Å². The minimum Gasteiger partial charge on any atom is -0.459 e. The number of esters is 1. The Labute approximate surface area is 230 Å². The quantitative estimate of drug-likeness (QED) is 0.420. The summed E-state index contributed by atoms with van der Waals surface area (Å²) in [6.45, 7) is 19.7. The Hall–Kier alpha value is -0.650. The molecule has 0 amide bonds. The predicted octanol–water partition coefficient (Wildman–Crippen LogP) is 6.14. The number of rotatable bonds is 2. The molecule has 9 unspecified atom stereocenters. The lowest BCUT2D eigenvalue weighted by Gasteiger charge is -2.63. The van der Waals surface area contributed by atoms with Crippen LogP contribution in [-0.2, 0) is 14.3 Å². The summed E-state index contributed by atoms with van der Waals surface area (Å²) in [7, 11) is 0. The molecule has 5 heteroatoms. The standard InChI is InChI=1S/C33H54O5/c1-18-16-20(27(28(3,4)5)37-19(2)34)38-25-24(18)30(8)14-15-33-17-32(33)13-12-23(35)29(6,7)21(32)10-11-22(33)31(30,9)26(25)36/h18,20-27,35-36H,10-17H2,1-9H3/t18-,20?,21+,22?,23?,24?,25?,26+,27?,30?,31-,32?,33?/m1/s1. The minimum absolute atomic E-state index is 0.0242.